The van der Waals surface area contributed by atoms with E-state index in [1.807, 2.05) is 6.08 Å². The molecule has 0 aromatic heterocycles. The zero-order valence-electron chi connectivity index (χ0n) is 10.7. The molecule has 0 amide bonds. The molecule has 0 saturated heterocycles. The Labute approximate surface area is 105 Å². The zero-order chi connectivity index (χ0) is 12.7. The molecule has 1 aliphatic carbocycles. The fraction of sp³-hybridized carbons (Fsp3) is 0.846. The predicted octanol–water partition coefficient (Wildman–Crippen LogP) is 3.71. The Hall–Kier alpha value is -0.350. The molecule has 0 heterocycles. The second-order valence-corrected chi connectivity index (χ2v) is 6.48. The molecule has 1 unspecified atom stereocenters. The highest BCUT2D eigenvalue weighted by Crippen LogP contribution is 2.26. The molecule has 1 atom stereocenters. The maximum absolute atomic E-state index is 11.5. The zero-order valence-corrected chi connectivity index (χ0v) is 11.5. The van der Waals surface area contributed by atoms with E-state index in [2.05, 4.69) is 6.92 Å². The van der Waals surface area contributed by atoms with Crippen molar-refractivity contribution in [3.05, 3.63) is 11.6 Å². The first kappa shape index (κ1) is 14.7. The van der Waals surface area contributed by atoms with Gasteiger partial charge in [-0.05, 0) is 32.1 Å². The highest BCUT2D eigenvalue weighted by atomic mass is 32.2. The molecule has 100 valence electrons. The van der Waals surface area contributed by atoms with Gasteiger partial charge >= 0.3 is 0 Å². The van der Waals surface area contributed by atoms with Crippen LogP contribution in [0.15, 0.2) is 11.6 Å². The molecule has 1 rings (SSSR count). The van der Waals surface area contributed by atoms with Crippen molar-refractivity contribution in [3.8, 4) is 0 Å². The van der Waals surface area contributed by atoms with E-state index in [9.17, 15) is 13.0 Å². The van der Waals surface area contributed by atoms with Crippen LogP contribution in [0.25, 0.3) is 0 Å². The third kappa shape index (κ3) is 5.21. The lowest BCUT2D eigenvalue weighted by atomic mass is 10.0. The van der Waals surface area contributed by atoms with Crippen LogP contribution in [-0.2, 0) is 10.1 Å². The summed E-state index contributed by atoms with van der Waals surface area (Å²) >= 11 is 0. The van der Waals surface area contributed by atoms with Gasteiger partial charge in [0, 0.05) is 0 Å². The van der Waals surface area contributed by atoms with Gasteiger partial charge in [-0.2, -0.15) is 8.42 Å². The van der Waals surface area contributed by atoms with Gasteiger partial charge in [-0.3, -0.25) is 4.55 Å². The summed E-state index contributed by atoms with van der Waals surface area (Å²) in [6, 6.07) is 0. The lowest BCUT2D eigenvalue weighted by molar-refractivity contribution is 0.464. The quantitative estimate of drug-likeness (QED) is 0.450. The third-order valence-electron chi connectivity index (χ3n) is 3.42. The molecule has 17 heavy (non-hydrogen) atoms. The molecule has 1 aliphatic rings. The monoisotopic (exact) mass is 260 g/mol. The van der Waals surface area contributed by atoms with E-state index in [1.165, 1.54) is 0 Å². The maximum atomic E-state index is 11.5. The van der Waals surface area contributed by atoms with Crippen molar-refractivity contribution in [1.82, 2.24) is 0 Å². The molecule has 0 radical (unpaired) electrons. The van der Waals surface area contributed by atoms with Gasteiger partial charge in [0.05, 0.1) is 0 Å². The minimum Gasteiger partial charge on any atom is -0.285 e. The smallest absolute Gasteiger partial charge is 0.271 e. The summed E-state index contributed by atoms with van der Waals surface area (Å²) in [7, 11) is -3.93. The van der Waals surface area contributed by atoms with Crippen LogP contribution in [0.5, 0.6) is 0 Å². The van der Waals surface area contributed by atoms with Gasteiger partial charge in [0.15, 0.2) is 0 Å². The SMILES string of the molecule is CCCCCC(C1=CCCCCC1)S(=O)(=O)O. The fourth-order valence-electron chi connectivity index (χ4n) is 2.44. The van der Waals surface area contributed by atoms with E-state index in [-0.39, 0.29) is 0 Å². The van der Waals surface area contributed by atoms with Crippen LogP contribution in [0, 0.1) is 0 Å². The summed E-state index contributed by atoms with van der Waals surface area (Å²) in [5.74, 6) is 0. The molecule has 0 saturated carbocycles. The fourth-order valence-corrected chi connectivity index (χ4v) is 3.50. The lowest BCUT2D eigenvalue weighted by Crippen LogP contribution is -2.23. The molecule has 0 aromatic rings. The van der Waals surface area contributed by atoms with Crippen LogP contribution < -0.4 is 0 Å². The lowest BCUT2D eigenvalue weighted by Gasteiger charge is -2.17. The minimum absolute atomic E-state index is 0.568. The van der Waals surface area contributed by atoms with Crippen molar-refractivity contribution >= 4 is 10.1 Å². The standard InChI is InChI=1S/C13H24O3S/c1-2-3-6-11-13(17(14,15)16)12-9-7-4-5-8-10-12/h9,13H,2-8,10-11H2,1H3,(H,14,15,16). The maximum Gasteiger partial charge on any atom is 0.271 e. The van der Waals surface area contributed by atoms with E-state index in [0.29, 0.717) is 6.42 Å². The van der Waals surface area contributed by atoms with Gasteiger partial charge in [0.25, 0.3) is 10.1 Å². The number of unbranched alkanes of at least 4 members (excludes halogenated alkanes) is 2. The molecule has 0 spiro atoms. The molecule has 4 heteroatoms. The van der Waals surface area contributed by atoms with Crippen LogP contribution in [0.2, 0.25) is 0 Å². The van der Waals surface area contributed by atoms with E-state index < -0.39 is 15.4 Å². The highest BCUT2D eigenvalue weighted by Gasteiger charge is 2.26. The second kappa shape index (κ2) is 7.17. The second-order valence-electron chi connectivity index (χ2n) is 4.88. The summed E-state index contributed by atoms with van der Waals surface area (Å²) in [5.41, 5.74) is 0.945. The molecule has 1 N–H and O–H groups in total. The first-order valence-electron chi connectivity index (χ1n) is 6.71. The van der Waals surface area contributed by atoms with Gasteiger partial charge in [0.1, 0.15) is 5.25 Å². The van der Waals surface area contributed by atoms with Gasteiger partial charge < -0.3 is 0 Å². The Balaban J connectivity index is 2.71. The van der Waals surface area contributed by atoms with Crippen LogP contribution in [0.4, 0.5) is 0 Å². The largest absolute Gasteiger partial charge is 0.285 e. The van der Waals surface area contributed by atoms with E-state index >= 15 is 0 Å². The Morgan fingerprint density at radius 3 is 2.71 bits per heavy atom. The van der Waals surface area contributed by atoms with Crippen LogP contribution in [0.3, 0.4) is 0 Å². The molecular weight excluding hydrogens is 236 g/mol. The van der Waals surface area contributed by atoms with Crippen molar-refractivity contribution in [2.24, 2.45) is 0 Å². The van der Waals surface area contributed by atoms with Gasteiger partial charge in [-0.25, -0.2) is 0 Å². The van der Waals surface area contributed by atoms with Gasteiger partial charge in [0.2, 0.25) is 0 Å². The Bertz CT molecular complexity index is 344. The number of rotatable bonds is 6. The van der Waals surface area contributed by atoms with Crippen LogP contribution >= 0.6 is 0 Å². The summed E-state index contributed by atoms with van der Waals surface area (Å²) in [4.78, 5) is 0. The summed E-state index contributed by atoms with van der Waals surface area (Å²) in [6.45, 7) is 2.09. The molecular formula is C13H24O3S. The van der Waals surface area contributed by atoms with Crippen molar-refractivity contribution in [1.29, 1.82) is 0 Å². The molecule has 0 aliphatic heterocycles. The van der Waals surface area contributed by atoms with Crippen LogP contribution in [-0.4, -0.2) is 18.2 Å². The first-order chi connectivity index (χ1) is 8.05. The topological polar surface area (TPSA) is 54.4 Å². The van der Waals surface area contributed by atoms with E-state index in [4.69, 9.17) is 0 Å². The van der Waals surface area contributed by atoms with E-state index in [1.54, 1.807) is 0 Å². The number of allylic oxidation sites excluding steroid dienone is 1. The van der Waals surface area contributed by atoms with Crippen molar-refractivity contribution in [3.63, 3.8) is 0 Å². The Morgan fingerprint density at radius 2 is 2.06 bits per heavy atom. The average Bonchev–Trinajstić information content (AvgIpc) is 2.51. The molecule has 0 bridgehead atoms. The first-order valence-corrected chi connectivity index (χ1v) is 8.21. The summed E-state index contributed by atoms with van der Waals surface area (Å²) < 4.78 is 32.3. The summed E-state index contributed by atoms with van der Waals surface area (Å²) in [5, 5.41) is -0.646. The normalized spacial score (nSPS) is 19.5. The Morgan fingerprint density at radius 1 is 1.29 bits per heavy atom. The van der Waals surface area contributed by atoms with E-state index in [0.717, 1.165) is 56.9 Å². The van der Waals surface area contributed by atoms with Crippen molar-refractivity contribution in [2.45, 2.75) is 70.0 Å². The van der Waals surface area contributed by atoms with Gasteiger partial charge in [-0.15, -0.1) is 0 Å². The van der Waals surface area contributed by atoms with Crippen LogP contribution in [0.1, 0.15) is 64.7 Å². The predicted molar refractivity (Wildman–Crippen MR) is 70.6 cm³/mol. The van der Waals surface area contributed by atoms with Gasteiger partial charge in [-0.1, -0.05) is 44.3 Å². The number of hydrogen-bond donors (Lipinski definition) is 1. The van der Waals surface area contributed by atoms with Crippen molar-refractivity contribution in [2.75, 3.05) is 0 Å². The van der Waals surface area contributed by atoms with Crippen molar-refractivity contribution < 1.29 is 13.0 Å². The number of hydrogen-bond acceptors (Lipinski definition) is 2. The summed E-state index contributed by atoms with van der Waals surface area (Å²) in [6.07, 6.45) is 10.7. The molecule has 0 aromatic carbocycles. The average molecular weight is 260 g/mol. The third-order valence-corrected chi connectivity index (χ3v) is 4.68. The Kier molecular flexibility index (Phi) is 6.20. The highest BCUT2D eigenvalue weighted by molar-refractivity contribution is 7.86. The molecule has 0 fully saturated rings. The minimum atomic E-state index is -3.93. The molecule has 3 nitrogen and oxygen atoms in total.